The lowest BCUT2D eigenvalue weighted by atomic mass is 9.96. The van der Waals surface area contributed by atoms with Gasteiger partial charge in [-0.2, -0.15) is 0 Å². The molecule has 2 atom stereocenters. The van der Waals surface area contributed by atoms with E-state index in [1.807, 2.05) is 0 Å². The SMILES string of the molecule is COCCN(C)C[C@@H]1CN(c2cc(C)c3cc(SC)ccc3n2)C[C@@H]1CO. The Kier molecular flexibility index (Phi) is 6.98. The van der Waals surface area contributed by atoms with Crippen molar-refractivity contribution in [2.75, 3.05) is 64.7 Å². The van der Waals surface area contributed by atoms with Crippen molar-refractivity contribution in [1.82, 2.24) is 9.88 Å². The fourth-order valence-electron chi connectivity index (χ4n) is 3.92. The highest BCUT2D eigenvalue weighted by molar-refractivity contribution is 7.98. The molecule has 0 bridgehead atoms. The van der Waals surface area contributed by atoms with Gasteiger partial charge in [0, 0.05) is 56.1 Å². The van der Waals surface area contributed by atoms with Gasteiger partial charge in [-0.25, -0.2) is 4.98 Å². The van der Waals surface area contributed by atoms with Gasteiger partial charge >= 0.3 is 0 Å². The molecule has 0 aliphatic carbocycles. The summed E-state index contributed by atoms with van der Waals surface area (Å²) in [5.74, 6) is 1.75. The van der Waals surface area contributed by atoms with Crippen LogP contribution in [0.3, 0.4) is 0 Å². The van der Waals surface area contributed by atoms with E-state index in [2.05, 4.69) is 54.3 Å². The summed E-state index contributed by atoms with van der Waals surface area (Å²) in [6.07, 6.45) is 2.10. The normalized spacial score (nSPS) is 20.1. The van der Waals surface area contributed by atoms with Crippen LogP contribution in [-0.4, -0.2) is 74.8 Å². The molecule has 0 unspecified atom stereocenters. The molecular weight excluding hydrogens is 358 g/mol. The lowest BCUT2D eigenvalue weighted by Gasteiger charge is -2.23. The first-order valence-electron chi connectivity index (χ1n) is 9.54. The third kappa shape index (κ3) is 4.74. The van der Waals surface area contributed by atoms with E-state index in [0.717, 1.165) is 44.1 Å². The molecule has 6 heteroatoms. The van der Waals surface area contributed by atoms with E-state index in [0.29, 0.717) is 5.92 Å². The van der Waals surface area contributed by atoms with Crippen molar-refractivity contribution in [3.63, 3.8) is 0 Å². The number of methoxy groups -OCH3 is 1. The molecule has 3 rings (SSSR count). The number of nitrogens with zero attached hydrogens (tertiary/aromatic N) is 3. The van der Waals surface area contributed by atoms with Crippen LogP contribution in [0.25, 0.3) is 10.9 Å². The van der Waals surface area contributed by atoms with Gasteiger partial charge in [0.2, 0.25) is 0 Å². The molecule has 27 heavy (non-hydrogen) atoms. The number of likely N-dealkylation sites (N-methyl/N-ethyl adjacent to an activating group) is 1. The fraction of sp³-hybridized carbons (Fsp3) is 0.571. The van der Waals surface area contributed by atoms with Crippen LogP contribution in [0.2, 0.25) is 0 Å². The molecule has 1 aromatic heterocycles. The second kappa shape index (κ2) is 9.24. The summed E-state index contributed by atoms with van der Waals surface area (Å²) in [6, 6.07) is 8.67. The first-order valence-corrected chi connectivity index (χ1v) is 10.8. The van der Waals surface area contributed by atoms with Gasteiger partial charge in [0.1, 0.15) is 5.82 Å². The molecule has 1 aliphatic heterocycles. The number of rotatable bonds is 8. The van der Waals surface area contributed by atoms with Crippen molar-refractivity contribution in [2.45, 2.75) is 11.8 Å². The average molecular weight is 390 g/mol. The Morgan fingerprint density at radius 1 is 1.30 bits per heavy atom. The lowest BCUT2D eigenvalue weighted by molar-refractivity contribution is 0.136. The number of pyridine rings is 1. The Morgan fingerprint density at radius 3 is 2.78 bits per heavy atom. The zero-order valence-corrected chi connectivity index (χ0v) is 17.6. The summed E-state index contributed by atoms with van der Waals surface area (Å²) < 4.78 is 5.18. The highest BCUT2D eigenvalue weighted by Crippen LogP contribution is 2.31. The number of benzene rings is 1. The predicted molar refractivity (Wildman–Crippen MR) is 114 cm³/mol. The van der Waals surface area contributed by atoms with Crippen LogP contribution in [-0.2, 0) is 4.74 Å². The number of aliphatic hydroxyl groups is 1. The van der Waals surface area contributed by atoms with Crippen LogP contribution in [0.5, 0.6) is 0 Å². The number of anilines is 1. The van der Waals surface area contributed by atoms with Crippen molar-refractivity contribution in [2.24, 2.45) is 11.8 Å². The van der Waals surface area contributed by atoms with Crippen molar-refractivity contribution in [3.8, 4) is 0 Å². The monoisotopic (exact) mass is 389 g/mol. The van der Waals surface area contributed by atoms with Crippen LogP contribution in [0.4, 0.5) is 5.82 Å². The molecule has 2 heterocycles. The summed E-state index contributed by atoms with van der Waals surface area (Å²) in [5, 5.41) is 11.1. The molecule has 1 fully saturated rings. The first kappa shape index (κ1) is 20.4. The minimum atomic E-state index is 0.225. The summed E-state index contributed by atoms with van der Waals surface area (Å²) in [4.78, 5) is 10.8. The molecule has 2 aromatic rings. The maximum atomic E-state index is 9.88. The zero-order valence-electron chi connectivity index (χ0n) is 16.8. The van der Waals surface area contributed by atoms with Crippen molar-refractivity contribution in [1.29, 1.82) is 0 Å². The van der Waals surface area contributed by atoms with Gasteiger partial charge in [-0.05, 0) is 56.0 Å². The molecule has 1 aliphatic rings. The zero-order chi connectivity index (χ0) is 19.4. The minimum Gasteiger partial charge on any atom is -0.396 e. The van der Waals surface area contributed by atoms with E-state index in [4.69, 9.17) is 9.72 Å². The second-order valence-electron chi connectivity index (χ2n) is 7.54. The quantitative estimate of drug-likeness (QED) is 0.701. The number of aliphatic hydroxyl groups excluding tert-OH is 1. The van der Waals surface area contributed by atoms with Gasteiger partial charge in [0.15, 0.2) is 0 Å². The molecule has 0 amide bonds. The minimum absolute atomic E-state index is 0.225. The number of fused-ring (bicyclic) bond motifs is 1. The smallest absolute Gasteiger partial charge is 0.129 e. The maximum absolute atomic E-state index is 9.88. The Hall–Kier alpha value is -1.34. The summed E-state index contributed by atoms with van der Waals surface area (Å²) in [7, 11) is 3.86. The van der Waals surface area contributed by atoms with Gasteiger partial charge in [-0.1, -0.05) is 0 Å². The van der Waals surface area contributed by atoms with E-state index in [1.54, 1.807) is 18.9 Å². The maximum Gasteiger partial charge on any atom is 0.129 e. The highest BCUT2D eigenvalue weighted by Gasteiger charge is 2.33. The Balaban J connectivity index is 1.78. The first-order chi connectivity index (χ1) is 13.0. The highest BCUT2D eigenvalue weighted by atomic mass is 32.2. The molecular formula is C21H31N3O2S. The number of hydrogen-bond acceptors (Lipinski definition) is 6. The molecule has 148 valence electrons. The largest absolute Gasteiger partial charge is 0.396 e. The Labute approximate surface area is 166 Å². The van der Waals surface area contributed by atoms with Crippen LogP contribution >= 0.6 is 11.8 Å². The molecule has 0 spiro atoms. The standard InChI is InChI=1S/C21H31N3O2S/c1-15-9-21(22-20-6-5-18(27-4)10-19(15)20)24-12-16(17(13-24)14-25)11-23(2)7-8-26-3/h5-6,9-10,16-17,25H,7-8,11-14H2,1-4H3/t16-,17-/m1/s1. The Morgan fingerprint density at radius 2 is 2.07 bits per heavy atom. The van der Waals surface area contributed by atoms with Crippen LogP contribution in [0.1, 0.15) is 5.56 Å². The number of hydrogen-bond donors (Lipinski definition) is 1. The van der Waals surface area contributed by atoms with Crippen LogP contribution in [0, 0.1) is 18.8 Å². The van der Waals surface area contributed by atoms with Crippen LogP contribution in [0.15, 0.2) is 29.2 Å². The number of aryl methyl sites for hydroxylation is 1. The van der Waals surface area contributed by atoms with Gasteiger partial charge in [-0.15, -0.1) is 11.8 Å². The van der Waals surface area contributed by atoms with E-state index >= 15 is 0 Å². The van der Waals surface area contributed by atoms with E-state index in [-0.39, 0.29) is 12.5 Å². The molecule has 1 N–H and O–H groups in total. The van der Waals surface area contributed by atoms with Gasteiger partial charge in [-0.3, -0.25) is 0 Å². The molecule has 1 saturated heterocycles. The van der Waals surface area contributed by atoms with Gasteiger partial charge in [0.05, 0.1) is 12.1 Å². The van der Waals surface area contributed by atoms with E-state index in [1.165, 1.54) is 15.8 Å². The number of thioether (sulfide) groups is 1. The average Bonchev–Trinajstić information content (AvgIpc) is 3.08. The van der Waals surface area contributed by atoms with E-state index < -0.39 is 0 Å². The Bertz CT molecular complexity index is 770. The van der Waals surface area contributed by atoms with E-state index in [9.17, 15) is 5.11 Å². The van der Waals surface area contributed by atoms with Gasteiger partial charge < -0.3 is 19.6 Å². The summed E-state index contributed by atoms with van der Waals surface area (Å²) in [6.45, 7) is 6.80. The predicted octanol–water partition coefficient (Wildman–Crippen LogP) is 2.89. The third-order valence-corrected chi connectivity index (χ3v) is 6.29. The molecule has 5 nitrogen and oxygen atoms in total. The van der Waals surface area contributed by atoms with Gasteiger partial charge in [0.25, 0.3) is 0 Å². The lowest BCUT2D eigenvalue weighted by Crippen LogP contribution is -2.33. The van der Waals surface area contributed by atoms with Crippen molar-refractivity contribution < 1.29 is 9.84 Å². The molecule has 0 saturated carbocycles. The van der Waals surface area contributed by atoms with Crippen molar-refractivity contribution in [3.05, 3.63) is 29.8 Å². The number of ether oxygens (including phenoxy) is 1. The summed E-state index contributed by atoms with van der Waals surface area (Å²) >= 11 is 1.76. The molecule has 1 aromatic carbocycles. The second-order valence-corrected chi connectivity index (χ2v) is 8.42. The number of aromatic nitrogens is 1. The third-order valence-electron chi connectivity index (χ3n) is 5.57. The fourth-order valence-corrected chi connectivity index (χ4v) is 4.36. The summed E-state index contributed by atoms with van der Waals surface area (Å²) in [5.41, 5.74) is 2.30. The van der Waals surface area contributed by atoms with Crippen molar-refractivity contribution >= 4 is 28.5 Å². The molecule has 0 radical (unpaired) electrons. The van der Waals surface area contributed by atoms with Crippen LogP contribution < -0.4 is 4.90 Å². The topological polar surface area (TPSA) is 48.8 Å².